The van der Waals surface area contributed by atoms with Gasteiger partial charge in [0.2, 0.25) is 0 Å². The number of likely N-dealkylation sites (tertiary alicyclic amines) is 1. The predicted octanol–water partition coefficient (Wildman–Crippen LogP) is 3.13. The van der Waals surface area contributed by atoms with Gasteiger partial charge in [-0.05, 0) is 36.8 Å². The van der Waals surface area contributed by atoms with Crippen LogP contribution >= 0.6 is 0 Å². The molecule has 14 heteroatoms. The quantitative estimate of drug-likeness (QED) is 0.218. The maximum absolute atomic E-state index is 14.3. The number of primary amides is 1. The fraction of sp³-hybridized carbons (Fsp3) is 0.333. The Kier molecular flexibility index (Phi) is 9.20. The fourth-order valence-corrected chi connectivity index (χ4v) is 5.59. The van der Waals surface area contributed by atoms with E-state index in [1.54, 1.807) is 22.7 Å². The smallest absolute Gasteiger partial charge is 0.320 e. The molecule has 5 N–H and O–H groups in total. The second-order valence-electron chi connectivity index (χ2n) is 10.8. The number of aryl methyl sites for hydroxylation is 1. The minimum absolute atomic E-state index is 0.208. The summed E-state index contributed by atoms with van der Waals surface area (Å²) in [6.07, 6.45) is 3.55. The minimum atomic E-state index is -0.974. The topological polar surface area (TPSA) is 144 Å². The van der Waals surface area contributed by atoms with Gasteiger partial charge in [0, 0.05) is 57.0 Å². The maximum atomic E-state index is 14.3. The number of hydrogen-bond donors (Lipinski definition) is 4. The molecule has 3 atom stereocenters. The largest absolute Gasteiger partial charge is 0.383 e. The van der Waals surface area contributed by atoms with E-state index < -0.39 is 35.7 Å². The molecule has 0 bridgehead atoms. The van der Waals surface area contributed by atoms with Crippen LogP contribution < -0.4 is 21.7 Å². The number of nitrogens with two attached hydrogens (primary N) is 1. The van der Waals surface area contributed by atoms with E-state index in [-0.39, 0.29) is 19.2 Å². The minimum Gasteiger partial charge on any atom is -0.383 e. The first-order chi connectivity index (χ1) is 21.1. The first kappa shape index (κ1) is 30.6. The van der Waals surface area contributed by atoms with Crippen molar-refractivity contribution in [3.63, 3.8) is 0 Å². The van der Waals surface area contributed by atoms with Gasteiger partial charge in [-0.25, -0.2) is 23.1 Å². The molecule has 232 valence electrons. The number of methoxy groups -OCH3 is 1. The van der Waals surface area contributed by atoms with Crippen LogP contribution in [0.5, 0.6) is 0 Å². The van der Waals surface area contributed by atoms with Crippen molar-refractivity contribution in [3.8, 4) is 16.9 Å². The molecule has 5 rings (SSSR count). The van der Waals surface area contributed by atoms with Crippen molar-refractivity contribution >= 4 is 17.9 Å². The van der Waals surface area contributed by atoms with Crippen LogP contribution in [0.4, 0.5) is 24.2 Å². The summed E-state index contributed by atoms with van der Waals surface area (Å²) in [4.78, 5) is 27.1. The third kappa shape index (κ3) is 6.71. The Bertz CT molecular complexity index is 1630. The van der Waals surface area contributed by atoms with Gasteiger partial charge in [-0.1, -0.05) is 24.3 Å². The molecule has 1 aliphatic heterocycles. The highest BCUT2D eigenvalue weighted by molar-refractivity contribution is 5.91. The van der Waals surface area contributed by atoms with Crippen LogP contribution in [0.25, 0.3) is 16.9 Å². The van der Waals surface area contributed by atoms with Crippen LogP contribution in [0.3, 0.4) is 0 Å². The summed E-state index contributed by atoms with van der Waals surface area (Å²) in [6, 6.07) is 11.2. The standard InChI is InChI=1S/C30H35F2N9O3/c1-18-27(20-12-35-39(2)14-20)38-41(21-7-5-4-6-8-21)28(18)37-30(43)36-26-16-40(22(17-44-3)13-34-29(33)42)15-23(26)19-9-10-24(31)25(32)11-19/h4-12,14,22-23,26H,13,15-17H2,1-3H3,(H3,33,34,42)(H2,36,37,43)/t22?,23-,26+/m0/s1. The zero-order valence-electron chi connectivity index (χ0n) is 24.6. The second-order valence-corrected chi connectivity index (χ2v) is 10.8. The summed E-state index contributed by atoms with van der Waals surface area (Å²) >= 11 is 0. The number of hydrogen-bond acceptors (Lipinski definition) is 6. The third-order valence-corrected chi connectivity index (χ3v) is 7.76. The van der Waals surface area contributed by atoms with Crippen molar-refractivity contribution in [2.24, 2.45) is 12.8 Å². The van der Waals surface area contributed by atoms with E-state index in [1.807, 2.05) is 55.4 Å². The van der Waals surface area contributed by atoms with Crippen molar-refractivity contribution < 1.29 is 23.1 Å². The second kappa shape index (κ2) is 13.2. The molecule has 1 aliphatic rings. The van der Waals surface area contributed by atoms with Gasteiger partial charge in [0.1, 0.15) is 11.5 Å². The van der Waals surface area contributed by atoms with Gasteiger partial charge in [0.15, 0.2) is 11.6 Å². The van der Waals surface area contributed by atoms with E-state index in [0.717, 1.165) is 28.9 Å². The van der Waals surface area contributed by atoms with Crippen molar-refractivity contribution in [2.75, 3.05) is 38.7 Å². The summed E-state index contributed by atoms with van der Waals surface area (Å²) < 4.78 is 36.8. The van der Waals surface area contributed by atoms with E-state index in [1.165, 1.54) is 6.07 Å². The molecule has 1 fully saturated rings. The number of rotatable bonds is 10. The Morgan fingerprint density at radius 1 is 1.14 bits per heavy atom. The first-order valence-corrected chi connectivity index (χ1v) is 14.1. The number of amides is 4. The molecule has 0 spiro atoms. The van der Waals surface area contributed by atoms with Crippen molar-refractivity contribution in [3.05, 3.63) is 83.7 Å². The molecule has 2 aromatic carbocycles. The van der Waals surface area contributed by atoms with E-state index in [4.69, 9.17) is 15.6 Å². The molecular weight excluding hydrogens is 572 g/mol. The van der Waals surface area contributed by atoms with Crippen LogP contribution in [0.1, 0.15) is 17.0 Å². The highest BCUT2D eigenvalue weighted by Gasteiger charge is 2.38. The zero-order valence-corrected chi connectivity index (χ0v) is 24.6. The number of urea groups is 2. The Labute approximate surface area is 253 Å². The molecule has 12 nitrogen and oxygen atoms in total. The van der Waals surface area contributed by atoms with Crippen molar-refractivity contribution in [2.45, 2.75) is 24.9 Å². The lowest BCUT2D eigenvalue weighted by Crippen LogP contribution is -2.48. The Hall–Kier alpha value is -4.82. The summed E-state index contributed by atoms with van der Waals surface area (Å²) in [5, 5.41) is 17.7. The van der Waals surface area contributed by atoms with Crippen molar-refractivity contribution in [1.82, 2.24) is 35.1 Å². The zero-order chi connectivity index (χ0) is 31.4. The maximum Gasteiger partial charge on any atom is 0.320 e. The lowest BCUT2D eigenvalue weighted by Gasteiger charge is -2.27. The van der Waals surface area contributed by atoms with Gasteiger partial charge >= 0.3 is 12.1 Å². The first-order valence-electron chi connectivity index (χ1n) is 14.1. The molecule has 3 heterocycles. The van der Waals surface area contributed by atoms with E-state index >= 15 is 0 Å². The van der Waals surface area contributed by atoms with Crippen LogP contribution in [0.15, 0.2) is 60.9 Å². The summed E-state index contributed by atoms with van der Waals surface area (Å²) in [7, 11) is 3.36. The Balaban J connectivity index is 1.43. The average Bonchev–Trinajstić information content (AvgIpc) is 3.70. The van der Waals surface area contributed by atoms with Crippen molar-refractivity contribution in [1.29, 1.82) is 0 Å². The molecular formula is C30H35F2N9O3. The number of nitrogens with zero attached hydrogens (tertiary/aromatic N) is 5. The Morgan fingerprint density at radius 3 is 2.57 bits per heavy atom. The van der Waals surface area contributed by atoms with Gasteiger partial charge in [0.25, 0.3) is 0 Å². The van der Waals surface area contributed by atoms with Gasteiger partial charge in [-0.2, -0.15) is 10.2 Å². The molecule has 4 aromatic rings. The van der Waals surface area contributed by atoms with Crippen LogP contribution in [-0.4, -0.2) is 82.0 Å². The SMILES string of the molecule is COCC(CNC(N)=O)N1C[C@@H](NC(=O)Nc2c(C)c(-c3cnn(C)c3)nn2-c2ccccc2)[C@H](c2ccc(F)c(F)c2)C1. The number of carbonyl (C=O) groups is 2. The van der Waals surface area contributed by atoms with Crippen LogP contribution in [-0.2, 0) is 11.8 Å². The lowest BCUT2D eigenvalue weighted by atomic mass is 9.94. The summed E-state index contributed by atoms with van der Waals surface area (Å²) in [5.41, 5.74) is 8.76. The molecule has 2 aromatic heterocycles. The molecule has 0 aliphatic carbocycles. The van der Waals surface area contributed by atoms with Crippen LogP contribution in [0, 0.1) is 18.6 Å². The monoisotopic (exact) mass is 607 g/mol. The third-order valence-electron chi connectivity index (χ3n) is 7.76. The average molecular weight is 608 g/mol. The highest BCUT2D eigenvalue weighted by atomic mass is 19.2. The summed E-state index contributed by atoms with van der Waals surface area (Å²) in [5.74, 6) is -1.86. The predicted molar refractivity (Wildman–Crippen MR) is 160 cm³/mol. The van der Waals surface area contributed by atoms with E-state index in [9.17, 15) is 18.4 Å². The van der Waals surface area contributed by atoms with Gasteiger partial charge in [0.05, 0.1) is 30.6 Å². The van der Waals surface area contributed by atoms with E-state index in [2.05, 4.69) is 21.0 Å². The molecule has 4 amide bonds. The van der Waals surface area contributed by atoms with Gasteiger partial charge in [-0.15, -0.1) is 0 Å². The number of para-hydroxylation sites is 1. The number of carbonyl (C=O) groups excluding carboxylic acids is 2. The Morgan fingerprint density at radius 2 is 1.91 bits per heavy atom. The molecule has 1 saturated heterocycles. The lowest BCUT2D eigenvalue weighted by molar-refractivity contribution is 0.104. The molecule has 0 saturated carbocycles. The number of aromatic nitrogens is 4. The normalized spacial score (nSPS) is 17.4. The van der Waals surface area contributed by atoms with Gasteiger partial charge in [-0.3, -0.25) is 14.9 Å². The number of ether oxygens (including phenoxy) is 1. The number of benzene rings is 2. The highest BCUT2D eigenvalue weighted by Crippen LogP contribution is 2.32. The molecule has 1 unspecified atom stereocenters. The van der Waals surface area contributed by atoms with E-state index in [0.29, 0.717) is 30.2 Å². The fourth-order valence-electron chi connectivity index (χ4n) is 5.59. The number of anilines is 1. The van der Waals surface area contributed by atoms with Gasteiger partial charge < -0.3 is 21.1 Å². The number of nitrogens with one attached hydrogen (secondary N) is 3. The van der Waals surface area contributed by atoms with Crippen LogP contribution in [0.2, 0.25) is 0 Å². The number of halogens is 2. The molecule has 44 heavy (non-hydrogen) atoms. The molecule has 0 radical (unpaired) electrons. The summed E-state index contributed by atoms with van der Waals surface area (Å²) in [6.45, 7) is 3.09.